The molecule has 0 aliphatic rings. The molecular formula is C59H114O6. The lowest BCUT2D eigenvalue weighted by Gasteiger charge is -2.18. The molecule has 0 bridgehead atoms. The first-order valence-electron chi connectivity index (χ1n) is 29.4. The average Bonchev–Trinajstić information content (AvgIpc) is 3.29. The number of ether oxygens (including phenoxy) is 3. The number of esters is 3. The minimum Gasteiger partial charge on any atom is -0.462 e. The van der Waals surface area contributed by atoms with Gasteiger partial charge in [0.2, 0.25) is 0 Å². The van der Waals surface area contributed by atoms with Gasteiger partial charge in [-0.1, -0.05) is 297 Å². The fourth-order valence-corrected chi connectivity index (χ4v) is 9.10. The summed E-state index contributed by atoms with van der Waals surface area (Å²) in [4.78, 5) is 38.1. The first kappa shape index (κ1) is 63.4. The van der Waals surface area contributed by atoms with Gasteiger partial charge >= 0.3 is 17.9 Å². The zero-order chi connectivity index (χ0) is 47.4. The Balaban J connectivity index is 4.27. The molecule has 386 valence electrons. The fraction of sp³-hybridized carbons (Fsp3) is 0.949. The van der Waals surface area contributed by atoms with E-state index in [4.69, 9.17) is 14.2 Å². The number of unbranched alkanes of at least 4 members (excludes halogenated alkanes) is 41. The maximum absolute atomic E-state index is 12.8. The molecule has 0 N–H and O–H groups in total. The molecule has 65 heavy (non-hydrogen) atoms. The molecule has 0 heterocycles. The van der Waals surface area contributed by atoms with Crippen molar-refractivity contribution >= 4 is 17.9 Å². The predicted octanol–water partition coefficient (Wildman–Crippen LogP) is 19.4. The molecule has 6 nitrogen and oxygen atoms in total. The van der Waals surface area contributed by atoms with Crippen molar-refractivity contribution in [2.75, 3.05) is 13.2 Å². The maximum atomic E-state index is 12.8. The van der Waals surface area contributed by atoms with Gasteiger partial charge in [-0.3, -0.25) is 14.4 Å². The van der Waals surface area contributed by atoms with E-state index < -0.39 is 6.10 Å². The van der Waals surface area contributed by atoms with Gasteiger partial charge < -0.3 is 14.2 Å². The molecule has 0 radical (unpaired) electrons. The van der Waals surface area contributed by atoms with Gasteiger partial charge in [0.1, 0.15) is 13.2 Å². The lowest BCUT2D eigenvalue weighted by atomic mass is 10.0. The molecule has 0 saturated heterocycles. The Morgan fingerprint density at radius 3 is 0.754 bits per heavy atom. The summed E-state index contributed by atoms with van der Waals surface area (Å²) in [5.41, 5.74) is 0. The van der Waals surface area contributed by atoms with Gasteiger partial charge in [-0.15, -0.1) is 0 Å². The Morgan fingerprint density at radius 1 is 0.292 bits per heavy atom. The highest BCUT2D eigenvalue weighted by Crippen LogP contribution is 2.18. The van der Waals surface area contributed by atoms with E-state index in [0.29, 0.717) is 19.3 Å². The summed E-state index contributed by atoms with van der Waals surface area (Å²) < 4.78 is 16.9. The summed E-state index contributed by atoms with van der Waals surface area (Å²) in [6, 6.07) is 0. The molecule has 0 rings (SSSR count). The van der Waals surface area contributed by atoms with Crippen LogP contribution in [0.1, 0.15) is 336 Å². The third kappa shape index (κ3) is 53.2. The topological polar surface area (TPSA) is 78.9 Å². The average molecular weight is 920 g/mol. The lowest BCUT2D eigenvalue weighted by molar-refractivity contribution is -0.167. The highest BCUT2D eigenvalue weighted by Gasteiger charge is 2.19. The molecule has 0 aliphatic heterocycles. The second-order valence-electron chi connectivity index (χ2n) is 20.8. The Morgan fingerprint density at radius 2 is 0.508 bits per heavy atom. The highest BCUT2D eigenvalue weighted by molar-refractivity contribution is 5.71. The predicted molar refractivity (Wildman–Crippen MR) is 280 cm³/mol. The summed E-state index contributed by atoms with van der Waals surface area (Å²) in [6.45, 7) is 9.06. The van der Waals surface area contributed by atoms with Crippen LogP contribution in [0.4, 0.5) is 0 Å². The maximum Gasteiger partial charge on any atom is 0.306 e. The Kier molecular flexibility index (Phi) is 52.1. The van der Waals surface area contributed by atoms with Crippen molar-refractivity contribution in [3.8, 4) is 0 Å². The second kappa shape index (κ2) is 53.4. The molecular weight excluding hydrogens is 805 g/mol. The molecule has 0 fully saturated rings. The molecule has 0 aliphatic carbocycles. The van der Waals surface area contributed by atoms with Crippen molar-refractivity contribution in [2.45, 2.75) is 342 Å². The molecule has 0 aromatic carbocycles. The van der Waals surface area contributed by atoms with E-state index >= 15 is 0 Å². The molecule has 0 unspecified atom stereocenters. The van der Waals surface area contributed by atoms with Crippen LogP contribution in [-0.2, 0) is 28.6 Å². The van der Waals surface area contributed by atoms with Crippen LogP contribution in [0.3, 0.4) is 0 Å². The highest BCUT2D eigenvalue weighted by atomic mass is 16.6. The third-order valence-electron chi connectivity index (χ3n) is 13.5. The number of hydrogen-bond acceptors (Lipinski definition) is 6. The van der Waals surface area contributed by atoms with E-state index in [2.05, 4.69) is 27.7 Å². The number of hydrogen-bond donors (Lipinski definition) is 0. The Labute approximate surface area is 406 Å². The summed E-state index contributed by atoms with van der Waals surface area (Å²) in [7, 11) is 0. The van der Waals surface area contributed by atoms with Crippen molar-refractivity contribution < 1.29 is 28.6 Å². The van der Waals surface area contributed by atoms with Gasteiger partial charge in [0.05, 0.1) is 0 Å². The molecule has 0 saturated carbocycles. The quantitative estimate of drug-likeness (QED) is 0.0344. The smallest absolute Gasteiger partial charge is 0.306 e. The summed E-state index contributed by atoms with van der Waals surface area (Å²) in [6.07, 6.45) is 58.1. The minimum absolute atomic E-state index is 0.0617. The normalized spacial score (nSPS) is 12.0. The lowest BCUT2D eigenvalue weighted by Crippen LogP contribution is -2.30. The van der Waals surface area contributed by atoms with Crippen LogP contribution in [0.2, 0.25) is 0 Å². The third-order valence-corrected chi connectivity index (χ3v) is 13.5. The standard InChI is InChI=1S/C59H114O6/c1-5-7-9-11-13-15-17-19-20-21-22-23-27-30-34-38-42-46-50-57(60)63-53-56(65-59(62)52-48-44-40-36-32-25-18-16-14-12-10-8-6-2)54-64-58(61)51-47-43-39-35-31-28-24-26-29-33-37-41-45-49-55(3)4/h55-56H,5-54H2,1-4H3/t56-/m1/s1. The van der Waals surface area contributed by atoms with E-state index in [0.717, 1.165) is 63.7 Å². The Bertz CT molecular complexity index is 980. The van der Waals surface area contributed by atoms with E-state index in [1.165, 1.54) is 231 Å². The van der Waals surface area contributed by atoms with E-state index in [-0.39, 0.29) is 31.1 Å². The SMILES string of the molecule is CCCCCCCCCCCCCCCCCCCCC(=O)OC[C@H](COC(=O)CCCCCCCCCCCCCCCC(C)C)OC(=O)CCCCCCCCCCCCCCC. The van der Waals surface area contributed by atoms with Crippen LogP contribution >= 0.6 is 0 Å². The van der Waals surface area contributed by atoms with Gasteiger partial charge in [-0.05, 0) is 25.2 Å². The van der Waals surface area contributed by atoms with Crippen molar-refractivity contribution in [3.63, 3.8) is 0 Å². The van der Waals surface area contributed by atoms with Gasteiger partial charge in [0.15, 0.2) is 6.10 Å². The first-order chi connectivity index (χ1) is 31.9. The molecule has 0 spiro atoms. The monoisotopic (exact) mass is 919 g/mol. The number of carbonyl (C=O) groups is 3. The van der Waals surface area contributed by atoms with E-state index in [1.807, 2.05) is 0 Å². The van der Waals surface area contributed by atoms with Crippen LogP contribution in [0.5, 0.6) is 0 Å². The van der Waals surface area contributed by atoms with Gasteiger partial charge in [-0.25, -0.2) is 0 Å². The van der Waals surface area contributed by atoms with Crippen molar-refractivity contribution in [3.05, 3.63) is 0 Å². The molecule has 1 atom stereocenters. The van der Waals surface area contributed by atoms with Crippen LogP contribution in [0.25, 0.3) is 0 Å². The summed E-state index contributed by atoms with van der Waals surface area (Å²) in [5.74, 6) is 0.00548. The van der Waals surface area contributed by atoms with Crippen LogP contribution in [0.15, 0.2) is 0 Å². The zero-order valence-electron chi connectivity index (χ0n) is 44.5. The van der Waals surface area contributed by atoms with Crippen molar-refractivity contribution in [1.82, 2.24) is 0 Å². The van der Waals surface area contributed by atoms with Crippen molar-refractivity contribution in [2.24, 2.45) is 5.92 Å². The van der Waals surface area contributed by atoms with Gasteiger partial charge in [-0.2, -0.15) is 0 Å². The molecule has 0 amide bonds. The number of carbonyl (C=O) groups excluding carboxylic acids is 3. The summed E-state index contributed by atoms with van der Waals surface area (Å²) >= 11 is 0. The van der Waals surface area contributed by atoms with Crippen molar-refractivity contribution in [1.29, 1.82) is 0 Å². The fourth-order valence-electron chi connectivity index (χ4n) is 9.10. The largest absolute Gasteiger partial charge is 0.462 e. The Hall–Kier alpha value is -1.59. The van der Waals surface area contributed by atoms with E-state index in [9.17, 15) is 14.4 Å². The number of rotatable bonds is 54. The summed E-state index contributed by atoms with van der Waals surface area (Å²) in [5, 5.41) is 0. The van der Waals surface area contributed by atoms with Crippen LogP contribution < -0.4 is 0 Å². The molecule has 0 aromatic heterocycles. The first-order valence-corrected chi connectivity index (χ1v) is 29.4. The molecule has 6 heteroatoms. The van der Waals surface area contributed by atoms with Gasteiger partial charge in [0.25, 0.3) is 0 Å². The van der Waals surface area contributed by atoms with Gasteiger partial charge in [0, 0.05) is 19.3 Å². The van der Waals surface area contributed by atoms with Crippen LogP contribution in [-0.4, -0.2) is 37.2 Å². The van der Waals surface area contributed by atoms with E-state index in [1.54, 1.807) is 0 Å². The second-order valence-corrected chi connectivity index (χ2v) is 20.8. The van der Waals surface area contributed by atoms with Crippen LogP contribution in [0, 0.1) is 5.92 Å². The zero-order valence-corrected chi connectivity index (χ0v) is 44.5. The minimum atomic E-state index is -0.762. The molecule has 0 aromatic rings.